The van der Waals surface area contributed by atoms with E-state index in [1.807, 2.05) is 0 Å². The summed E-state index contributed by atoms with van der Waals surface area (Å²) in [5, 5.41) is 1.56. The molecule has 3 heterocycles. The summed E-state index contributed by atoms with van der Waals surface area (Å²) in [6, 6.07) is 7.07. The normalized spacial score (nSPS) is 17.6. The maximum Gasteiger partial charge on any atom is 0.225 e. The van der Waals surface area contributed by atoms with Gasteiger partial charge in [0, 0.05) is 23.5 Å². The molecule has 0 bridgehead atoms. The Morgan fingerprint density at radius 1 is 0.929 bits per heavy atom. The van der Waals surface area contributed by atoms with E-state index in [1.165, 1.54) is 83.9 Å². The Morgan fingerprint density at radius 3 is 2.46 bits per heavy atom. The van der Waals surface area contributed by atoms with E-state index in [0.717, 1.165) is 23.7 Å². The first-order valence-corrected chi connectivity index (χ1v) is 11.7. The molecule has 0 atom stereocenters. The molecule has 1 fully saturated rings. The molecule has 0 N–H and O–H groups in total. The van der Waals surface area contributed by atoms with Crippen molar-refractivity contribution in [3.05, 3.63) is 39.5 Å². The molecule has 1 aliphatic heterocycles. The van der Waals surface area contributed by atoms with E-state index in [4.69, 9.17) is 16.6 Å². The van der Waals surface area contributed by atoms with Crippen molar-refractivity contribution in [2.45, 2.75) is 58.3 Å². The van der Waals surface area contributed by atoms with Crippen LogP contribution in [-0.4, -0.2) is 23.1 Å². The summed E-state index contributed by atoms with van der Waals surface area (Å²) in [5.74, 6) is 1.04. The fourth-order valence-electron chi connectivity index (χ4n) is 4.82. The van der Waals surface area contributed by atoms with Crippen LogP contribution in [0.3, 0.4) is 0 Å². The largest absolute Gasteiger partial charge is 0.356 e. The van der Waals surface area contributed by atoms with Crippen LogP contribution >= 0.6 is 22.9 Å². The van der Waals surface area contributed by atoms with Gasteiger partial charge >= 0.3 is 0 Å². The van der Waals surface area contributed by atoms with Crippen LogP contribution < -0.4 is 4.90 Å². The van der Waals surface area contributed by atoms with Crippen LogP contribution in [-0.2, 0) is 12.8 Å². The minimum absolute atomic E-state index is 0.366. The number of anilines is 1. The van der Waals surface area contributed by atoms with E-state index in [1.54, 1.807) is 11.3 Å². The van der Waals surface area contributed by atoms with Crippen molar-refractivity contribution in [3.63, 3.8) is 0 Å². The zero-order chi connectivity index (χ0) is 19.1. The van der Waals surface area contributed by atoms with E-state index in [0.29, 0.717) is 5.28 Å². The van der Waals surface area contributed by atoms with Crippen LogP contribution in [0.15, 0.2) is 18.2 Å². The van der Waals surface area contributed by atoms with Gasteiger partial charge in [0.25, 0.3) is 0 Å². The van der Waals surface area contributed by atoms with E-state index in [-0.39, 0.29) is 0 Å². The van der Waals surface area contributed by atoms with Crippen LogP contribution in [0.1, 0.15) is 54.5 Å². The molecule has 0 amide bonds. The van der Waals surface area contributed by atoms with E-state index in [9.17, 15) is 0 Å². The second-order valence-corrected chi connectivity index (χ2v) is 9.66. The topological polar surface area (TPSA) is 29.0 Å². The molecule has 5 heteroatoms. The monoisotopic (exact) mass is 411 g/mol. The Labute approximate surface area is 175 Å². The number of thiophene rings is 1. The fourth-order valence-corrected chi connectivity index (χ4v) is 6.07. The first kappa shape index (κ1) is 18.4. The summed E-state index contributed by atoms with van der Waals surface area (Å²) in [7, 11) is 0. The summed E-state index contributed by atoms with van der Waals surface area (Å²) >= 11 is 8.09. The predicted molar refractivity (Wildman–Crippen MR) is 120 cm³/mol. The highest BCUT2D eigenvalue weighted by molar-refractivity contribution is 7.19. The van der Waals surface area contributed by atoms with Crippen molar-refractivity contribution in [1.82, 2.24) is 9.97 Å². The minimum Gasteiger partial charge on any atom is -0.356 e. The van der Waals surface area contributed by atoms with Gasteiger partial charge in [0.2, 0.25) is 5.28 Å². The molecular weight excluding hydrogens is 386 g/mol. The third kappa shape index (κ3) is 3.31. The lowest BCUT2D eigenvalue weighted by atomic mass is 9.89. The zero-order valence-corrected chi connectivity index (χ0v) is 18.0. The molecule has 0 saturated carbocycles. The van der Waals surface area contributed by atoms with E-state index >= 15 is 0 Å². The lowest BCUT2D eigenvalue weighted by molar-refractivity contribution is 0.686. The molecule has 0 unspecified atom stereocenters. The van der Waals surface area contributed by atoms with Gasteiger partial charge in [-0.2, -0.15) is 4.98 Å². The fraction of sp³-hybridized carbons (Fsp3) is 0.478. The van der Waals surface area contributed by atoms with Gasteiger partial charge in [0.15, 0.2) is 0 Å². The van der Waals surface area contributed by atoms with Gasteiger partial charge in [-0.15, -0.1) is 11.3 Å². The van der Waals surface area contributed by atoms with Crippen molar-refractivity contribution in [3.8, 4) is 11.1 Å². The predicted octanol–water partition coefficient (Wildman–Crippen LogP) is 6.58. The average molecular weight is 412 g/mol. The number of halogens is 1. The van der Waals surface area contributed by atoms with Gasteiger partial charge in [-0.05, 0) is 73.7 Å². The number of hydrogen-bond acceptors (Lipinski definition) is 4. The summed E-state index contributed by atoms with van der Waals surface area (Å²) in [6.07, 6.45) is 10.1. The molecule has 28 heavy (non-hydrogen) atoms. The highest BCUT2D eigenvalue weighted by Crippen LogP contribution is 2.43. The standard InChI is InChI=1S/C23H26ClN3S/c1-15-19(18-11-10-16-8-4-5-9-17(16)14-18)20-21(25-23(24)26-22(20)28-15)27-12-6-2-3-7-13-27/h10-11,14H,2-9,12-13H2,1H3. The SMILES string of the molecule is Cc1sc2nc(Cl)nc(N3CCCCCC3)c2c1-c1ccc2c(c1)CCCC2. The van der Waals surface area contributed by atoms with Crippen molar-refractivity contribution in [1.29, 1.82) is 0 Å². The van der Waals surface area contributed by atoms with E-state index < -0.39 is 0 Å². The van der Waals surface area contributed by atoms with Crippen LogP contribution in [0.4, 0.5) is 5.82 Å². The van der Waals surface area contributed by atoms with Gasteiger partial charge in [0.1, 0.15) is 10.6 Å². The molecule has 3 aromatic rings. The summed E-state index contributed by atoms with van der Waals surface area (Å²) in [5.41, 5.74) is 5.67. The van der Waals surface area contributed by atoms with Gasteiger partial charge in [-0.3, -0.25) is 0 Å². The number of hydrogen-bond donors (Lipinski definition) is 0. The third-order valence-corrected chi connectivity index (χ3v) is 7.39. The number of nitrogens with zero attached hydrogens (tertiary/aromatic N) is 3. The van der Waals surface area contributed by atoms with Crippen LogP contribution in [0.2, 0.25) is 5.28 Å². The van der Waals surface area contributed by atoms with Crippen LogP contribution in [0.25, 0.3) is 21.3 Å². The molecule has 146 valence electrons. The lowest BCUT2D eigenvalue weighted by Crippen LogP contribution is -2.25. The maximum absolute atomic E-state index is 6.34. The van der Waals surface area contributed by atoms with Gasteiger partial charge in [-0.25, -0.2) is 4.98 Å². The molecule has 0 spiro atoms. The molecule has 0 radical (unpaired) electrons. The second kappa shape index (κ2) is 7.64. The van der Waals surface area contributed by atoms with Gasteiger partial charge in [-0.1, -0.05) is 31.0 Å². The smallest absolute Gasteiger partial charge is 0.225 e. The number of aryl methyl sites for hydroxylation is 3. The molecule has 1 aliphatic carbocycles. The Hall–Kier alpha value is -1.65. The molecule has 3 nitrogen and oxygen atoms in total. The zero-order valence-electron chi connectivity index (χ0n) is 16.4. The third-order valence-electron chi connectivity index (χ3n) is 6.22. The Bertz CT molecular complexity index is 1020. The Balaban J connectivity index is 1.69. The summed E-state index contributed by atoms with van der Waals surface area (Å²) in [4.78, 5) is 14.1. The molecular formula is C23H26ClN3S. The maximum atomic E-state index is 6.34. The van der Waals surface area contributed by atoms with Crippen LogP contribution in [0, 0.1) is 6.92 Å². The highest BCUT2D eigenvalue weighted by atomic mass is 35.5. The number of fused-ring (bicyclic) bond motifs is 2. The molecule has 2 aromatic heterocycles. The first-order valence-electron chi connectivity index (χ1n) is 10.5. The number of aromatic nitrogens is 2. The van der Waals surface area contributed by atoms with Crippen molar-refractivity contribution in [2.24, 2.45) is 0 Å². The first-order chi connectivity index (χ1) is 13.7. The lowest BCUT2D eigenvalue weighted by Gasteiger charge is -2.23. The quantitative estimate of drug-likeness (QED) is 0.446. The van der Waals surface area contributed by atoms with Crippen molar-refractivity contribution in [2.75, 3.05) is 18.0 Å². The number of rotatable bonds is 2. The molecule has 1 saturated heterocycles. The molecule has 5 rings (SSSR count). The Kier molecular flexibility index (Phi) is 5.02. The number of benzene rings is 1. The van der Waals surface area contributed by atoms with Crippen LogP contribution in [0.5, 0.6) is 0 Å². The molecule has 2 aliphatic rings. The molecule has 1 aromatic carbocycles. The van der Waals surface area contributed by atoms with Gasteiger partial charge < -0.3 is 4.90 Å². The Morgan fingerprint density at radius 2 is 1.68 bits per heavy atom. The summed E-state index contributed by atoms with van der Waals surface area (Å²) < 4.78 is 0. The second-order valence-electron chi connectivity index (χ2n) is 8.12. The summed E-state index contributed by atoms with van der Waals surface area (Å²) in [6.45, 7) is 4.32. The average Bonchev–Trinajstić information content (AvgIpc) is 2.86. The van der Waals surface area contributed by atoms with Gasteiger partial charge in [0.05, 0.1) is 5.39 Å². The van der Waals surface area contributed by atoms with Crippen molar-refractivity contribution >= 4 is 39.0 Å². The highest BCUT2D eigenvalue weighted by Gasteiger charge is 2.23. The van der Waals surface area contributed by atoms with Crippen molar-refractivity contribution < 1.29 is 0 Å². The minimum atomic E-state index is 0.366. The van der Waals surface area contributed by atoms with E-state index in [2.05, 4.69) is 35.0 Å².